The van der Waals surface area contributed by atoms with E-state index in [1.54, 1.807) is 6.07 Å². The van der Waals surface area contributed by atoms with E-state index in [0.717, 1.165) is 46.3 Å². The number of rotatable bonds is 6. The first-order valence-electron chi connectivity index (χ1n) is 12.0. The maximum Gasteiger partial charge on any atom is 0.158 e. The van der Waals surface area contributed by atoms with E-state index in [1.165, 1.54) is 18.5 Å². The fourth-order valence-electron chi connectivity index (χ4n) is 4.82. The molecule has 4 heterocycles. The molecule has 5 aromatic rings. The molecule has 9 nitrogen and oxygen atoms in total. The summed E-state index contributed by atoms with van der Waals surface area (Å²) in [5.41, 5.74) is 4.71. The van der Waals surface area contributed by atoms with Gasteiger partial charge in [-0.1, -0.05) is 12.1 Å². The molecule has 10 heteroatoms. The number of anilines is 2. The quantitative estimate of drug-likeness (QED) is 0.340. The maximum absolute atomic E-state index is 13.6. The molecule has 1 aliphatic rings. The Morgan fingerprint density at radius 2 is 2.06 bits per heavy atom. The monoisotopic (exact) mass is 486 g/mol. The van der Waals surface area contributed by atoms with Crippen molar-refractivity contribution in [3.05, 3.63) is 84.2 Å². The van der Waals surface area contributed by atoms with Crippen LogP contribution in [0.1, 0.15) is 11.1 Å². The van der Waals surface area contributed by atoms with Gasteiger partial charge >= 0.3 is 0 Å². The molecule has 0 radical (unpaired) electrons. The molecule has 6 rings (SSSR count). The third-order valence-corrected chi connectivity index (χ3v) is 6.51. The van der Waals surface area contributed by atoms with Crippen LogP contribution < -0.4 is 10.6 Å². The molecule has 1 saturated heterocycles. The standard InChI is InChI=1S/C26H27FN8O/c27-21-3-1-2-18(10-21)14-35-24-5-4-22(11-20(24)12-30-35)32-26-25-19(6-8-34(25)31-17-29-26)15-33-9-7-28-13-23(36)16-33/h1-6,8,10-12,17,23,28,36H,7,9,13-16H2,(H,29,31,32)/t23-/m0/s1. The summed E-state index contributed by atoms with van der Waals surface area (Å²) in [6.07, 6.45) is 4.90. The second kappa shape index (κ2) is 9.65. The largest absolute Gasteiger partial charge is 0.390 e. The van der Waals surface area contributed by atoms with Crippen molar-refractivity contribution in [3.8, 4) is 0 Å². The van der Waals surface area contributed by atoms with Crippen LogP contribution in [0.5, 0.6) is 0 Å². The van der Waals surface area contributed by atoms with Crippen molar-refractivity contribution in [2.75, 3.05) is 31.5 Å². The van der Waals surface area contributed by atoms with Crippen LogP contribution >= 0.6 is 0 Å². The molecule has 2 aromatic carbocycles. The van der Waals surface area contributed by atoms with Crippen LogP contribution in [0.4, 0.5) is 15.9 Å². The highest BCUT2D eigenvalue weighted by atomic mass is 19.1. The van der Waals surface area contributed by atoms with Gasteiger partial charge in [-0.2, -0.15) is 10.2 Å². The topological polar surface area (TPSA) is 95.5 Å². The molecule has 0 saturated carbocycles. The molecule has 184 valence electrons. The molecule has 1 atom stereocenters. The molecule has 1 aliphatic heterocycles. The number of hydrogen-bond donors (Lipinski definition) is 3. The number of β-amino-alcohol motifs (C(OH)–C–C–N with tert-alkyl or cyclic N) is 1. The first kappa shape index (κ1) is 22.6. The van der Waals surface area contributed by atoms with E-state index in [4.69, 9.17) is 0 Å². The number of nitrogens with one attached hydrogen (secondary N) is 2. The molecule has 0 amide bonds. The second-order valence-electron chi connectivity index (χ2n) is 9.17. The summed E-state index contributed by atoms with van der Waals surface area (Å²) < 4.78 is 17.3. The first-order chi connectivity index (χ1) is 17.6. The summed E-state index contributed by atoms with van der Waals surface area (Å²) in [6.45, 7) is 4.14. The highest BCUT2D eigenvalue weighted by Crippen LogP contribution is 2.27. The number of aromatic nitrogens is 5. The lowest BCUT2D eigenvalue weighted by atomic mass is 10.2. The van der Waals surface area contributed by atoms with E-state index in [9.17, 15) is 9.50 Å². The third-order valence-electron chi connectivity index (χ3n) is 6.51. The summed E-state index contributed by atoms with van der Waals surface area (Å²) in [5, 5.41) is 26.7. The zero-order valence-corrected chi connectivity index (χ0v) is 19.7. The minimum absolute atomic E-state index is 0.250. The zero-order valence-electron chi connectivity index (χ0n) is 19.7. The average molecular weight is 487 g/mol. The molecule has 0 bridgehead atoms. The van der Waals surface area contributed by atoms with Crippen molar-refractivity contribution in [2.24, 2.45) is 0 Å². The SMILES string of the molecule is O[C@H]1CNCCN(Cc2ccn3ncnc(Nc4ccc5c(cnn5Cc5cccc(F)c5)c4)c23)C1. The number of aliphatic hydroxyl groups is 1. The number of nitrogens with zero attached hydrogens (tertiary/aromatic N) is 6. The molecule has 3 aromatic heterocycles. The van der Waals surface area contributed by atoms with E-state index >= 15 is 0 Å². The van der Waals surface area contributed by atoms with E-state index < -0.39 is 0 Å². The summed E-state index contributed by atoms with van der Waals surface area (Å²) in [6, 6.07) is 14.7. The van der Waals surface area contributed by atoms with Gasteiger partial charge in [0.15, 0.2) is 5.82 Å². The Hall–Kier alpha value is -3.86. The van der Waals surface area contributed by atoms with Crippen molar-refractivity contribution in [1.82, 2.24) is 34.6 Å². The van der Waals surface area contributed by atoms with Gasteiger partial charge in [-0.25, -0.2) is 13.9 Å². The number of fused-ring (bicyclic) bond motifs is 2. The summed E-state index contributed by atoms with van der Waals surface area (Å²) in [7, 11) is 0. The fraction of sp³-hybridized carbons (Fsp3) is 0.269. The highest BCUT2D eigenvalue weighted by molar-refractivity contribution is 5.85. The predicted octanol–water partition coefficient (Wildman–Crippen LogP) is 2.78. The van der Waals surface area contributed by atoms with Crippen molar-refractivity contribution in [3.63, 3.8) is 0 Å². The van der Waals surface area contributed by atoms with Gasteiger partial charge in [0.1, 0.15) is 17.7 Å². The van der Waals surface area contributed by atoms with Crippen LogP contribution in [0, 0.1) is 5.82 Å². The van der Waals surface area contributed by atoms with Crippen LogP contribution in [0.2, 0.25) is 0 Å². The Balaban J connectivity index is 1.26. The normalized spacial score (nSPS) is 17.0. The van der Waals surface area contributed by atoms with Crippen LogP contribution in [0.25, 0.3) is 16.4 Å². The minimum Gasteiger partial charge on any atom is -0.390 e. The molecule has 0 aliphatic carbocycles. The zero-order chi connectivity index (χ0) is 24.5. The Morgan fingerprint density at radius 3 is 2.97 bits per heavy atom. The van der Waals surface area contributed by atoms with Crippen LogP contribution in [-0.2, 0) is 13.1 Å². The van der Waals surface area contributed by atoms with E-state index in [-0.39, 0.29) is 11.9 Å². The Labute approximate surface area is 207 Å². The lowest BCUT2D eigenvalue weighted by Gasteiger charge is -2.21. The Bertz CT molecular complexity index is 1510. The third kappa shape index (κ3) is 4.66. The number of halogens is 1. The van der Waals surface area contributed by atoms with E-state index in [2.05, 4.69) is 36.8 Å². The van der Waals surface area contributed by atoms with Crippen LogP contribution in [-0.4, -0.2) is 66.7 Å². The molecule has 3 N–H and O–H groups in total. The molecule has 0 unspecified atom stereocenters. The molecule has 0 spiro atoms. The van der Waals surface area contributed by atoms with Crippen molar-refractivity contribution >= 4 is 27.9 Å². The smallest absolute Gasteiger partial charge is 0.158 e. The molecular weight excluding hydrogens is 459 g/mol. The van der Waals surface area contributed by atoms with Gasteiger partial charge in [-0.3, -0.25) is 9.58 Å². The van der Waals surface area contributed by atoms with Crippen molar-refractivity contribution in [1.29, 1.82) is 0 Å². The first-order valence-corrected chi connectivity index (χ1v) is 12.0. The molecule has 1 fully saturated rings. The fourth-order valence-corrected chi connectivity index (χ4v) is 4.82. The lowest BCUT2D eigenvalue weighted by molar-refractivity contribution is 0.127. The van der Waals surface area contributed by atoms with Gasteiger partial charge in [0.05, 0.1) is 24.4 Å². The van der Waals surface area contributed by atoms with Crippen molar-refractivity contribution < 1.29 is 9.50 Å². The molecule has 36 heavy (non-hydrogen) atoms. The van der Waals surface area contributed by atoms with Crippen LogP contribution in [0.15, 0.2) is 67.3 Å². The van der Waals surface area contributed by atoms with Gasteiger partial charge in [-0.15, -0.1) is 0 Å². The Morgan fingerprint density at radius 1 is 1.11 bits per heavy atom. The van der Waals surface area contributed by atoms with Gasteiger partial charge in [0, 0.05) is 50.0 Å². The second-order valence-corrected chi connectivity index (χ2v) is 9.17. The predicted molar refractivity (Wildman–Crippen MR) is 136 cm³/mol. The van der Waals surface area contributed by atoms with Gasteiger partial charge in [0.2, 0.25) is 0 Å². The number of hydrogen-bond acceptors (Lipinski definition) is 7. The van der Waals surface area contributed by atoms with Gasteiger partial charge < -0.3 is 15.7 Å². The van der Waals surface area contributed by atoms with Gasteiger partial charge in [0.25, 0.3) is 0 Å². The maximum atomic E-state index is 13.6. The van der Waals surface area contributed by atoms with Crippen LogP contribution in [0.3, 0.4) is 0 Å². The van der Waals surface area contributed by atoms with E-state index in [1.807, 2.05) is 45.9 Å². The summed E-state index contributed by atoms with van der Waals surface area (Å²) >= 11 is 0. The number of benzene rings is 2. The number of aliphatic hydroxyl groups excluding tert-OH is 1. The minimum atomic E-state index is -0.385. The van der Waals surface area contributed by atoms with E-state index in [0.29, 0.717) is 32.0 Å². The molecular formula is C26H27FN8O. The summed E-state index contributed by atoms with van der Waals surface area (Å²) in [5.74, 6) is 0.463. The Kier molecular flexibility index (Phi) is 6.06. The highest BCUT2D eigenvalue weighted by Gasteiger charge is 2.19. The van der Waals surface area contributed by atoms with Crippen molar-refractivity contribution in [2.45, 2.75) is 19.2 Å². The van der Waals surface area contributed by atoms with Gasteiger partial charge in [-0.05, 0) is 47.5 Å². The average Bonchev–Trinajstić information content (AvgIpc) is 3.39. The summed E-state index contributed by atoms with van der Waals surface area (Å²) in [4.78, 5) is 6.78. The lowest BCUT2D eigenvalue weighted by Crippen LogP contribution is -2.32.